The topological polar surface area (TPSA) is 88.5 Å². The first-order valence-corrected chi connectivity index (χ1v) is 7.60. The molecule has 1 atom stereocenters. The highest BCUT2D eigenvalue weighted by atomic mass is 16.5. The van der Waals surface area contributed by atoms with Gasteiger partial charge in [-0.25, -0.2) is 9.78 Å². The summed E-state index contributed by atoms with van der Waals surface area (Å²) in [6.07, 6.45) is 2.10. The Morgan fingerprint density at radius 2 is 1.92 bits per heavy atom. The molecule has 0 aliphatic heterocycles. The summed E-state index contributed by atoms with van der Waals surface area (Å²) < 4.78 is 5.13. The van der Waals surface area contributed by atoms with Gasteiger partial charge in [0.1, 0.15) is 11.4 Å². The van der Waals surface area contributed by atoms with Crippen molar-refractivity contribution in [2.75, 3.05) is 13.7 Å². The Morgan fingerprint density at radius 3 is 2.46 bits per heavy atom. The van der Waals surface area contributed by atoms with E-state index in [1.165, 1.54) is 23.9 Å². The first kappa shape index (κ1) is 17.5. The van der Waals surface area contributed by atoms with Crippen molar-refractivity contribution in [2.45, 2.75) is 13.3 Å². The SMILES string of the molecule is COc1ccc(CC(C)CNC(=O)c2ccc(C(=O)O)nc2)cc1. The van der Waals surface area contributed by atoms with Gasteiger partial charge in [0.05, 0.1) is 12.7 Å². The number of carbonyl (C=O) groups excluding carboxylic acids is 1. The van der Waals surface area contributed by atoms with E-state index in [1.807, 2.05) is 24.3 Å². The van der Waals surface area contributed by atoms with Crippen molar-refractivity contribution in [3.63, 3.8) is 0 Å². The van der Waals surface area contributed by atoms with Crippen LogP contribution in [-0.4, -0.2) is 35.6 Å². The molecule has 0 aliphatic carbocycles. The van der Waals surface area contributed by atoms with Crippen molar-refractivity contribution in [3.8, 4) is 5.75 Å². The molecule has 0 aliphatic rings. The number of amides is 1. The van der Waals surface area contributed by atoms with E-state index in [1.54, 1.807) is 7.11 Å². The Labute approximate surface area is 140 Å². The van der Waals surface area contributed by atoms with Crippen molar-refractivity contribution in [3.05, 3.63) is 59.4 Å². The quantitative estimate of drug-likeness (QED) is 0.815. The number of aromatic nitrogens is 1. The van der Waals surface area contributed by atoms with Crippen molar-refractivity contribution >= 4 is 11.9 Å². The van der Waals surface area contributed by atoms with Crippen LogP contribution >= 0.6 is 0 Å². The second-order valence-electron chi connectivity index (χ2n) is 5.60. The molecule has 6 heteroatoms. The maximum absolute atomic E-state index is 12.1. The predicted molar refractivity (Wildman–Crippen MR) is 89.4 cm³/mol. The number of pyridine rings is 1. The number of ether oxygens (including phenoxy) is 1. The number of carboxylic acid groups (broad SMARTS) is 1. The normalized spacial score (nSPS) is 11.6. The lowest BCUT2D eigenvalue weighted by Gasteiger charge is -2.13. The number of aromatic carboxylic acids is 1. The maximum atomic E-state index is 12.1. The third-order valence-corrected chi connectivity index (χ3v) is 3.60. The van der Waals surface area contributed by atoms with Gasteiger partial charge in [-0.3, -0.25) is 4.79 Å². The standard InChI is InChI=1S/C18H20N2O4/c1-12(9-13-3-6-15(24-2)7-4-13)10-20-17(21)14-5-8-16(18(22)23)19-11-14/h3-8,11-12H,9-10H2,1-2H3,(H,20,21)(H,22,23). The van der Waals surface area contributed by atoms with E-state index in [4.69, 9.17) is 9.84 Å². The summed E-state index contributed by atoms with van der Waals surface area (Å²) >= 11 is 0. The van der Waals surface area contributed by atoms with Crippen LogP contribution in [0.4, 0.5) is 0 Å². The fraction of sp³-hybridized carbons (Fsp3) is 0.278. The van der Waals surface area contributed by atoms with Gasteiger partial charge >= 0.3 is 5.97 Å². The van der Waals surface area contributed by atoms with E-state index < -0.39 is 5.97 Å². The molecule has 0 spiro atoms. The average Bonchev–Trinajstić information content (AvgIpc) is 2.60. The molecule has 0 bridgehead atoms. The van der Waals surface area contributed by atoms with Crippen molar-refractivity contribution < 1.29 is 19.4 Å². The van der Waals surface area contributed by atoms with Crippen LogP contribution in [0.3, 0.4) is 0 Å². The van der Waals surface area contributed by atoms with Gasteiger partial charge < -0.3 is 15.2 Å². The second-order valence-corrected chi connectivity index (χ2v) is 5.60. The Kier molecular flexibility index (Phi) is 5.89. The number of hydrogen-bond donors (Lipinski definition) is 2. The summed E-state index contributed by atoms with van der Waals surface area (Å²) in [5.74, 6) is -0.304. The van der Waals surface area contributed by atoms with Gasteiger partial charge in [-0.1, -0.05) is 19.1 Å². The highest BCUT2D eigenvalue weighted by molar-refractivity contribution is 5.94. The summed E-state index contributed by atoms with van der Waals surface area (Å²) in [4.78, 5) is 26.5. The minimum Gasteiger partial charge on any atom is -0.497 e. The third-order valence-electron chi connectivity index (χ3n) is 3.60. The molecular weight excluding hydrogens is 308 g/mol. The first-order valence-electron chi connectivity index (χ1n) is 7.60. The first-order chi connectivity index (χ1) is 11.5. The van der Waals surface area contributed by atoms with Crippen molar-refractivity contribution in [2.24, 2.45) is 5.92 Å². The van der Waals surface area contributed by atoms with Crippen LogP contribution in [0.2, 0.25) is 0 Å². The molecule has 2 aromatic rings. The molecule has 1 unspecified atom stereocenters. The molecule has 1 amide bonds. The highest BCUT2D eigenvalue weighted by Gasteiger charge is 2.11. The molecule has 1 aromatic carbocycles. The number of rotatable bonds is 7. The molecule has 0 fully saturated rings. The minimum atomic E-state index is -1.12. The Hall–Kier alpha value is -2.89. The molecule has 6 nitrogen and oxygen atoms in total. The Bertz CT molecular complexity index is 696. The number of nitrogens with one attached hydrogen (secondary N) is 1. The molecule has 2 N–H and O–H groups in total. The summed E-state index contributed by atoms with van der Waals surface area (Å²) in [6, 6.07) is 10.6. The molecule has 24 heavy (non-hydrogen) atoms. The average molecular weight is 328 g/mol. The van der Waals surface area contributed by atoms with E-state index in [2.05, 4.69) is 17.2 Å². The monoisotopic (exact) mass is 328 g/mol. The fourth-order valence-electron chi connectivity index (χ4n) is 2.26. The summed E-state index contributed by atoms with van der Waals surface area (Å²) in [6.45, 7) is 2.57. The number of methoxy groups -OCH3 is 1. The van der Waals surface area contributed by atoms with Crippen molar-refractivity contribution in [1.82, 2.24) is 10.3 Å². The highest BCUT2D eigenvalue weighted by Crippen LogP contribution is 2.14. The lowest BCUT2D eigenvalue weighted by molar-refractivity contribution is 0.0689. The van der Waals surface area contributed by atoms with E-state index in [0.29, 0.717) is 12.1 Å². The third kappa shape index (κ3) is 4.81. The largest absolute Gasteiger partial charge is 0.497 e. The van der Waals surface area contributed by atoms with E-state index >= 15 is 0 Å². The molecule has 1 aromatic heterocycles. The molecular formula is C18H20N2O4. The van der Waals surface area contributed by atoms with Crippen LogP contribution in [0.15, 0.2) is 42.6 Å². The smallest absolute Gasteiger partial charge is 0.354 e. The zero-order chi connectivity index (χ0) is 17.5. The van der Waals surface area contributed by atoms with Crippen LogP contribution in [0.1, 0.15) is 33.3 Å². The minimum absolute atomic E-state index is 0.0839. The number of benzene rings is 1. The van der Waals surface area contributed by atoms with Crippen LogP contribution in [-0.2, 0) is 6.42 Å². The molecule has 0 radical (unpaired) electrons. The lowest BCUT2D eigenvalue weighted by Crippen LogP contribution is -2.29. The molecule has 2 rings (SSSR count). The van der Waals surface area contributed by atoms with Gasteiger partial charge in [0.2, 0.25) is 0 Å². The van der Waals surface area contributed by atoms with Crippen LogP contribution in [0.5, 0.6) is 5.75 Å². The van der Waals surface area contributed by atoms with Gasteiger partial charge in [-0.15, -0.1) is 0 Å². The number of carboxylic acids is 1. The molecule has 0 saturated carbocycles. The molecule has 0 saturated heterocycles. The van der Waals surface area contributed by atoms with Gasteiger partial charge in [0.15, 0.2) is 0 Å². The molecule has 126 valence electrons. The van der Waals surface area contributed by atoms with E-state index in [9.17, 15) is 9.59 Å². The molecule has 1 heterocycles. The van der Waals surface area contributed by atoms with Gasteiger partial charge in [-0.2, -0.15) is 0 Å². The summed E-state index contributed by atoms with van der Waals surface area (Å²) in [5, 5.41) is 11.6. The zero-order valence-electron chi connectivity index (χ0n) is 13.7. The predicted octanol–water partition coefficient (Wildman–Crippen LogP) is 2.40. The van der Waals surface area contributed by atoms with Crippen molar-refractivity contribution in [1.29, 1.82) is 0 Å². The Balaban J connectivity index is 1.84. The van der Waals surface area contributed by atoms with Crippen LogP contribution in [0.25, 0.3) is 0 Å². The van der Waals surface area contributed by atoms with Gasteiger partial charge in [-0.05, 0) is 42.2 Å². The second kappa shape index (κ2) is 8.10. The van der Waals surface area contributed by atoms with Gasteiger partial charge in [0.25, 0.3) is 5.91 Å². The maximum Gasteiger partial charge on any atom is 0.354 e. The summed E-state index contributed by atoms with van der Waals surface area (Å²) in [7, 11) is 1.63. The number of carbonyl (C=O) groups is 2. The number of nitrogens with zero attached hydrogens (tertiary/aromatic N) is 1. The zero-order valence-corrected chi connectivity index (χ0v) is 13.7. The van der Waals surface area contributed by atoms with Gasteiger partial charge in [0, 0.05) is 12.7 Å². The Morgan fingerprint density at radius 1 is 1.21 bits per heavy atom. The van der Waals surface area contributed by atoms with Crippen LogP contribution < -0.4 is 10.1 Å². The fourth-order valence-corrected chi connectivity index (χ4v) is 2.26. The van der Waals surface area contributed by atoms with Crippen LogP contribution in [0, 0.1) is 5.92 Å². The summed E-state index contributed by atoms with van der Waals surface area (Å²) in [5.41, 5.74) is 1.43. The lowest BCUT2D eigenvalue weighted by atomic mass is 10.0. The number of hydrogen-bond acceptors (Lipinski definition) is 4. The van der Waals surface area contributed by atoms with E-state index in [0.717, 1.165) is 12.2 Å². The van der Waals surface area contributed by atoms with E-state index in [-0.39, 0.29) is 17.5 Å².